The Morgan fingerprint density at radius 3 is 1.00 bits per heavy atom. The molecule has 9 nitrogen and oxygen atoms in total. The molecule has 0 aliphatic rings. The minimum absolute atomic E-state index is 0.0307. The van der Waals surface area contributed by atoms with Crippen LogP contribution in [-0.2, 0) is 32.7 Å². The summed E-state index contributed by atoms with van der Waals surface area (Å²) >= 11 is 0. The summed E-state index contributed by atoms with van der Waals surface area (Å²) in [7, 11) is 1.48. The summed E-state index contributed by atoms with van der Waals surface area (Å²) in [6.45, 7) is 4.45. The number of carbonyl (C=O) groups excluding carboxylic acids is 2. The number of unbranched alkanes of at least 4 members (excludes halogenated alkanes) is 39. The first kappa shape index (κ1) is 77.7. The topological polar surface area (TPSA) is 108 Å². The number of phosphoric acid groups is 1. The Morgan fingerprint density at radius 1 is 0.388 bits per heavy atom. The minimum atomic E-state index is -4.39. The van der Waals surface area contributed by atoms with Crippen LogP contribution in [0.1, 0.15) is 322 Å². The molecule has 0 heterocycles. The van der Waals surface area contributed by atoms with Crippen molar-refractivity contribution in [1.29, 1.82) is 0 Å². The Morgan fingerprint density at radius 2 is 0.675 bits per heavy atom. The van der Waals surface area contributed by atoms with Crippen LogP contribution in [0.4, 0.5) is 0 Å². The van der Waals surface area contributed by atoms with Gasteiger partial charge in [-0.1, -0.05) is 286 Å². The van der Waals surface area contributed by atoms with E-state index in [-0.39, 0.29) is 32.0 Å². The van der Waals surface area contributed by atoms with Crippen LogP contribution in [0.5, 0.6) is 0 Å². The Bertz CT molecular complexity index is 1530. The fraction of sp³-hybridized carbons (Fsp3) is 0.829. The van der Waals surface area contributed by atoms with Gasteiger partial charge in [-0.2, -0.15) is 0 Å². The third kappa shape index (κ3) is 64.9. The fourth-order valence-electron chi connectivity index (χ4n) is 9.76. The maximum Gasteiger partial charge on any atom is 0.472 e. The van der Waals surface area contributed by atoms with Crippen molar-refractivity contribution in [1.82, 2.24) is 0 Å². The lowest BCUT2D eigenvalue weighted by Gasteiger charge is -2.24. The highest BCUT2D eigenvalue weighted by Gasteiger charge is 2.27. The Kier molecular flexibility index (Phi) is 59.5. The maximum atomic E-state index is 12.9. The van der Waals surface area contributed by atoms with E-state index in [1.165, 1.54) is 231 Å². The van der Waals surface area contributed by atoms with Gasteiger partial charge in [-0.3, -0.25) is 18.6 Å². The van der Waals surface area contributed by atoms with Gasteiger partial charge in [0, 0.05) is 12.8 Å². The zero-order chi connectivity index (χ0) is 58.4. The number of hydrogen-bond donors (Lipinski definition) is 1. The summed E-state index contributed by atoms with van der Waals surface area (Å²) < 4.78 is 34.7. The first-order valence-electron chi connectivity index (χ1n) is 34.0. The summed E-state index contributed by atoms with van der Waals surface area (Å²) in [5, 5.41) is 0. The number of rotatable bonds is 63. The van der Waals surface area contributed by atoms with Crippen molar-refractivity contribution >= 4 is 19.8 Å². The van der Waals surface area contributed by atoms with E-state index in [4.69, 9.17) is 18.5 Å². The molecule has 0 spiro atoms. The van der Waals surface area contributed by atoms with E-state index < -0.39 is 26.5 Å². The molecule has 1 N–H and O–H groups in total. The van der Waals surface area contributed by atoms with Crippen molar-refractivity contribution in [3.05, 3.63) is 60.8 Å². The average molecular weight is 1150 g/mol. The molecule has 2 unspecified atom stereocenters. The van der Waals surface area contributed by atoms with E-state index in [0.717, 1.165) is 57.8 Å². The van der Waals surface area contributed by atoms with Gasteiger partial charge in [-0.15, -0.1) is 0 Å². The fourth-order valence-corrected chi connectivity index (χ4v) is 10.5. The molecular weight excluding hydrogens is 1010 g/mol. The molecule has 0 radical (unpaired) electrons. The number of ether oxygens (including phenoxy) is 2. The van der Waals surface area contributed by atoms with Gasteiger partial charge < -0.3 is 18.9 Å². The molecular formula is C70H131NO8P+. The van der Waals surface area contributed by atoms with Crippen LogP contribution >= 0.6 is 7.82 Å². The minimum Gasteiger partial charge on any atom is -0.462 e. The second kappa shape index (κ2) is 61.3. The molecule has 2 atom stereocenters. The summed E-state index contributed by atoms with van der Waals surface area (Å²) in [4.78, 5) is 35.8. The normalized spacial score (nSPS) is 13.5. The van der Waals surface area contributed by atoms with Crippen LogP contribution < -0.4 is 0 Å². The molecule has 80 heavy (non-hydrogen) atoms. The zero-order valence-electron chi connectivity index (χ0n) is 53.3. The largest absolute Gasteiger partial charge is 0.472 e. The van der Waals surface area contributed by atoms with Crippen LogP contribution in [0, 0.1) is 0 Å². The third-order valence-corrected chi connectivity index (χ3v) is 16.0. The quantitative estimate of drug-likeness (QED) is 0.0211. The van der Waals surface area contributed by atoms with Crippen LogP contribution in [0.2, 0.25) is 0 Å². The van der Waals surface area contributed by atoms with Gasteiger partial charge in [-0.25, -0.2) is 4.57 Å². The molecule has 0 saturated heterocycles. The molecule has 10 heteroatoms. The SMILES string of the molecule is CCCCCCC/C=C\C/C=C\C/C=C\CCCCCCCCCCCCC(=O)OC(COC(=O)CCCCCCCCCCCCCCCCCCCCC/C=C\C/C=C\CCCCCCC)COP(=O)(O)OCC[N+](C)(C)C. The second-order valence-electron chi connectivity index (χ2n) is 24.2. The summed E-state index contributed by atoms with van der Waals surface area (Å²) in [6, 6.07) is 0. The van der Waals surface area contributed by atoms with Crippen molar-refractivity contribution in [2.45, 2.75) is 328 Å². The van der Waals surface area contributed by atoms with E-state index >= 15 is 0 Å². The predicted molar refractivity (Wildman–Crippen MR) is 344 cm³/mol. The lowest BCUT2D eigenvalue weighted by molar-refractivity contribution is -0.870. The molecule has 0 aliphatic heterocycles. The van der Waals surface area contributed by atoms with Crippen molar-refractivity contribution in [3.63, 3.8) is 0 Å². The van der Waals surface area contributed by atoms with Gasteiger partial charge in [0.2, 0.25) is 0 Å². The number of esters is 2. The highest BCUT2D eigenvalue weighted by Crippen LogP contribution is 2.43. The number of phosphoric ester groups is 1. The molecule has 0 amide bonds. The number of likely N-dealkylation sites (N-methyl/N-ethyl adjacent to an activating group) is 1. The van der Waals surface area contributed by atoms with Crippen LogP contribution in [0.3, 0.4) is 0 Å². The standard InChI is InChI=1S/C70H130NO8P/c1-6-8-10-12-14-16-18-20-22-24-26-28-30-32-33-34-35-36-37-39-40-42-44-46-48-50-52-54-56-58-60-62-69(72)76-66-68(67-78-80(74,75)77-65-64-71(3,4)5)79-70(73)63-61-59-57-55-53-51-49-47-45-43-41-38-31-29-27-25-23-21-19-17-15-13-11-9-7-2/h18-21,24-27,31,38,68H,6-17,22-23,28-30,32-37,39-67H2,1-5H3/p+1/b20-18-,21-19-,26-24-,27-25-,38-31-. The van der Waals surface area contributed by atoms with Gasteiger partial charge in [0.25, 0.3) is 0 Å². The van der Waals surface area contributed by atoms with Crippen LogP contribution in [0.25, 0.3) is 0 Å². The number of carbonyl (C=O) groups is 2. The highest BCUT2D eigenvalue weighted by molar-refractivity contribution is 7.47. The average Bonchev–Trinajstić information content (AvgIpc) is 3.42. The van der Waals surface area contributed by atoms with E-state index in [2.05, 4.69) is 74.6 Å². The molecule has 0 aromatic carbocycles. The van der Waals surface area contributed by atoms with E-state index in [9.17, 15) is 19.0 Å². The van der Waals surface area contributed by atoms with Gasteiger partial charge in [-0.05, 0) is 83.5 Å². The summed E-state index contributed by atoms with van der Waals surface area (Å²) in [5.74, 6) is -0.789. The van der Waals surface area contributed by atoms with E-state index in [0.29, 0.717) is 17.4 Å². The number of quaternary nitrogens is 1. The molecule has 0 saturated carbocycles. The van der Waals surface area contributed by atoms with Gasteiger partial charge in [0.1, 0.15) is 19.8 Å². The highest BCUT2D eigenvalue weighted by atomic mass is 31.2. The van der Waals surface area contributed by atoms with E-state index in [1.54, 1.807) is 0 Å². The molecule has 0 aromatic rings. The van der Waals surface area contributed by atoms with Crippen molar-refractivity contribution in [3.8, 4) is 0 Å². The zero-order valence-corrected chi connectivity index (χ0v) is 54.2. The Balaban J connectivity index is 4.04. The van der Waals surface area contributed by atoms with Crippen molar-refractivity contribution in [2.75, 3.05) is 47.5 Å². The maximum absolute atomic E-state index is 12.9. The molecule has 0 rings (SSSR count). The van der Waals surface area contributed by atoms with Crippen LogP contribution in [-0.4, -0.2) is 74.9 Å². The summed E-state index contributed by atoms with van der Waals surface area (Å²) in [6.07, 6.45) is 80.3. The van der Waals surface area contributed by atoms with Gasteiger partial charge in [0.05, 0.1) is 27.7 Å². The molecule has 0 bridgehead atoms. The lowest BCUT2D eigenvalue weighted by atomic mass is 10.0. The van der Waals surface area contributed by atoms with Crippen molar-refractivity contribution in [2.24, 2.45) is 0 Å². The molecule has 0 aromatic heterocycles. The second-order valence-corrected chi connectivity index (χ2v) is 25.7. The molecule has 0 aliphatic carbocycles. The number of hydrogen-bond acceptors (Lipinski definition) is 7. The first-order chi connectivity index (χ1) is 39.0. The lowest BCUT2D eigenvalue weighted by Crippen LogP contribution is -2.37. The Hall–Kier alpha value is -2.29. The predicted octanol–water partition coefficient (Wildman–Crippen LogP) is 21.8. The molecule has 468 valence electrons. The smallest absolute Gasteiger partial charge is 0.462 e. The Labute approximate surface area is 496 Å². The van der Waals surface area contributed by atoms with E-state index in [1.807, 2.05) is 21.1 Å². The summed E-state index contributed by atoms with van der Waals surface area (Å²) in [5.41, 5.74) is 0. The number of nitrogens with zero attached hydrogens (tertiary/aromatic N) is 1. The van der Waals surface area contributed by atoms with Crippen molar-refractivity contribution < 1.29 is 42.1 Å². The van der Waals surface area contributed by atoms with Gasteiger partial charge in [0.15, 0.2) is 6.10 Å². The monoisotopic (exact) mass is 1140 g/mol. The van der Waals surface area contributed by atoms with Gasteiger partial charge >= 0.3 is 19.8 Å². The van der Waals surface area contributed by atoms with Crippen LogP contribution in [0.15, 0.2) is 60.8 Å². The first-order valence-corrected chi connectivity index (χ1v) is 35.5. The third-order valence-electron chi connectivity index (χ3n) is 15.0. The number of allylic oxidation sites excluding steroid dienone is 10. The molecule has 0 fully saturated rings.